The Bertz CT molecular complexity index is 1010. The van der Waals surface area contributed by atoms with Crippen LogP contribution in [-0.2, 0) is 19.9 Å². The maximum Gasteiger partial charge on any atom is 0.244 e. The summed E-state index contributed by atoms with van der Waals surface area (Å²) in [5, 5.41) is -0.0979. The second kappa shape index (κ2) is 7.91. The lowest BCUT2D eigenvalue weighted by molar-refractivity contribution is 0.275. The molecule has 0 aliphatic heterocycles. The summed E-state index contributed by atoms with van der Waals surface area (Å²) in [5.74, 6) is -0.544. The molecule has 6 nitrogen and oxygen atoms in total. The monoisotopic (exact) mass is 421 g/mol. The lowest BCUT2D eigenvalue weighted by atomic mass is 10.3. The predicted molar refractivity (Wildman–Crippen MR) is 96.3 cm³/mol. The summed E-state index contributed by atoms with van der Waals surface area (Å²) in [7, 11) is -6.35. The number of ether oxygens (including phenoxy) is 1. The molecule has 142 valence electrons. The average molecular weight is 422 g/mol. The summed E-state index contributed by atoms with van der Waals surface area (Å²) in [4.78, 5) is -0.480. The number of rotatable bonds is 7. The normalized spacial score (nSPS) is 12.3. The largest absolute Gasteiger partial charge is 0.489 e. The predicted octanol–water partition coefficient (Wildman–Crippen LogP) is 2.58. The summed E-state index contributed by atoms with van der Waals surface area (Å²) in [5.41, 5.74) is 0. The third-order valence-corrected chi connectivity index (χ3v) is 6.97. The minimum atomic E-state index is -4.05. The maximum absolute atomic E-state index is 13.5. The first-order valence-electron chi connectivity index (χ1n) is 7.37. The second-order valence-electron chi connectivity index (χ2n) is 5.47. The maximum atomic E-state index is 13.5. The molecule has 0 bridgehead atoms. The van der Waals surface area contributed by atoms with Crippen LogP contribution in [0.15, 0.2) is 52.3 Å². The highest BCUT2D eigenvalue weighted by Crippen LogP contribution is 2.27. The van der Waals surface area contributed by atoms with Crippen molar-refractivity contribution in [2.75, 3.05) is 26.5 Å². The zero-order chi connectivity index (χ0) is 19.5. The standard InChI is InChI=1S/C16H17ClFNO5S2/c1-19(9-10-24-15-6-4-3-5-14(15)18)26(22,23)16-11-12(25(2,20)21)7-8-13(16)17/h3-8,11H,9-10H2,1-2H3. The van der Waals surface area contributed by atoms with E-state index in [1.54, 1.807) is 6.07 Å². The Morgan fingerprint density at radius 3 is 2.38 bits per heavy atom. The minimum Gasteiger partial charge on any atom is -0.489 e. The first-order valence-corrected chi connectivity index (χ1v) is 11.1. The van der Waals surface area contributed by atoms with Gasteiger partial charge in [0.2, 0.25) is 10.0 Å². The van der Waals surface area contributed by atoms with Crippen LogP contribution in [0.3, 0.4) is 0 Å². The summed E-state index contributed by atoms with van der Waals surface area (Å²) in [6.07, 6.45) is 0.971. The molecule has 0 N–H and O–H groups in total. The van der Waals surface area contributed by atoms with Crippen LogP contribution in [-0.4, -0.2) is 47.6 Å². The fourth-order valence-electron chi connectivity index (χ4n) is 2.05. The molecule has 0 atom stereocenters. The number of benzene rings is 2. The first-order chi connectivity index (χ1) is 12.0. The van der Waals surface area contributed by atoms with Gasteiger partial charge in [-0.05, 0) is 30.3 Å². The number of halogens is 2. The Hall–Kier alpha value is -1.68. The van der Waals surface area contributed by atoms with Crippen molar-refractivity contribution in [2.45, 2.75) is 9.79 Å². The van der Waals surface area contributed by atoms with Gasteiger partial charge in [0.15, 0.2) is 21.4 Å². The highest BCUT2D eigenvalue weighted by atomic mass is 35.5. The molecule has 0 saturated heterocycles. The van der Waals surface area contributed by atoms with Gasteiger partial charge in [-0.2, -0.15) is 4.31 Å². The zero-order valence-corrected chi connectivity index (χ0v) is 16.4. The molecule has 0 fully saturated rings. The zero-order valence-electron chi connectivity index (χ0n) is 14.0. The topological polar surface area (TPSA) is 80.8 Å². The number of likely N-dealkylation sites (N-methyl/N-ethyl adjacent to an activating group) is 1. The van der Waals surface area contributed by atoms with Crippen LogP contribution in [0, 0.1) is 5.82 Å². The van der Waals surface area contributed by atoms with Gasteiger partial charge in [-0.3, -0.25) is 0 Å². The molecule has 2 aromatic carbocycles. The average Bonchev–Trinajstić information content (AvgIpc) is 2.55. The summed E-state index contributed by atoms with van der Waals surface area (Å²) < 4.78 is 68.3. The van der Waals surface area contributed by atoms with E-state index in [1.807, 2.05) is 0 Å². The smallest absolute Gasteiger partial charge is 0.244 e. The van der Waals surface area contributed by atoms with Crippen molar-refractivity contribution in [1.82, 2.24) is 4.31 Å². The van der Waals surface area contributed by atoms with Gasteiger partial charge in [0.1, 0.15) is 11.5 Å². The number of para-hydroxylation sites is 1. The third-order valence-electron chi connectivity index (χ3n) is 3.52. The van der Waals surface area contributed by atoms with Gasteiger partial charge in [0.05, 0.1) is 9.92 Å². The number of sulfonamides is 1. The van der Waals surface area contributed by atoms with E-state index in [0.717, 1.165) is 16.6 Å². The van der Waals surface area contributed by atoms with E-state index in [-0.39, 0.29) is 33.7 Å². The van der Waals surface area contributed by atoms with Crippen molar-refractivity contribution < 1.29 is 26.0 Å². The van der Waals surface area contributed by atoms with Gasteiger partial charge in [0, 0.05) is 19.8 Å². The van der Waals surface area contributed by atoms with E-state index < -0.39 is 25.7 Å². The van der Waals surface area contributed by atoms with E-state index in [9.17, 15) is 21.2 Å². The molecule has 0 aliphatic carbocycles. The van der Waals surface area contributed by atoms with Crippen LogP contribution in [0.2, 0.25) is 5.02 Å². The number of hydrogen-bond acceptors (Lipinski definition) is 5. The van der Waals surface area contributed by atoms with Gasteiger partial charge in [-0.1, -0.05) is 23.7 Å². The molecule has 0 heterocycles. The fourth-order valence-corrected chi connectivity index (χ4v) is 4.42. The van der Waals surface area contributed by atoms with Crippen LogP contribution in [0.1, 0.15) is 0 Å². The Balaban J connectivity index is 2.18. The Morgan fingerprint density at radius 2 is 1.77 bits per heavy atom. The van der Waals surface area contributed by atoms with Gasteiger partial charge in [-0.15, -0.1) is 0 Å². The quantitative estimate of drug-likeness (QED) is 0.686. The molecule has 0 aromatic heterocycles. The van der Waals surface area contributed by atoms with Gasteiger partial charge < -0.3 is 4.74 Å². The van der Waals surface area contributed by atoms with Crippen LogP contribution in [0.5, 0.6) is 5.75 Å². The van der Waals surface area contributed by atoms with Crippen molar-refractivity contribution in [3.8, 4) is 5.75 Å². The van der Waals surface area contributed by atoms with E-state index in [1.165, 1.54) is 37.4 Å². The lowest BCUT2D eigenvalue weighted by Gasteiger charge is -2.18. The van der Waals surface area contributed by atoms with Gasteiger partial charge in [0.25, 0.3) is 0 Å². The summed E-state index contributed by atoms with van der Waals surface area (Å²) in [6.45, 7) is -0.184. The second-order valence-corrected chi connectivity index (χ2v) is 9.91. The summed E-state index contributed by atoms with van der Waals surface area (Å²) >= 11 is 5.94. The van der Waals surface area contributed by atoms with Crippen molar-refractivity contribution >= 4 is 31.5 Å². The highest BCUT2D eigenvalue weighted by Gasteiger charge is 2.25. The molecular weight excluding hydrogens is 405 g/mol. The Labute approximate surface area is 157 Å². The van der Waals surface area contributed by atoms with E-state index in [4.69, 9.17) is 16.3 Å². The third kappa shape index (κ3) is 4.73. The molecule has 2 rings (SSSR count). The van der Waals surface area contributed by atoms with Crippen molar-refractivity contribution in [1.29, 1.82) is 0 Å². The Morgan fingerprint density at radius 1 is 1.12 bits per heavy atom. The van der Waals surface area contributed by atoms with Crippen LogP contribution in [0.4, 0.5) is 4.39 Å². The van der Waals surface area contributed by atoms with Gasteiger partial charge >= 0.3 is 0 Å². The first kappa shape index (κ1) is 20.6. The lowest BCUT2D eigenvalue weighted by Crippen LogP contribution is -2.31. The van der Waals surface area contributed by atoms with Crippen LogP contribution < -0.4 is 4.74 Å². The van der Waals surface area contributed by atoms with Crippen molar-refractivity contribution in [3.05, 3.63) is 53.3 Å². The van der Waals surface area contributed by atoms with Gasteiger partial charge in [-0.25, -0.2) is 21.2 Å². The number of nitrogens with zero attached hydrogens (tertiary/aromatic N) is 1. The SMILES string of the molecule is CN(CCOc1ccccc1F)S(=O)(=O)c1cc(S(C)(=O)=O)ccc1Cl. The van der Waals surface area contributed by atoms with Crippen LogP contribution >= 0.6 is 11.6 Å². The van der Waals surface area contributed by atoms with E-state index in [2.05, 4.69) is 0 Å². The highest BCUT2D eigenvalue weighted by molar-refractivity contribution is 7.91. The summed E-state index contributed by atoms with van der Waals surface area (Å²) in [6, 6.07) is 9.22. The van der Waals surface area contributed by atoms with Crippen LogP contribution in [0.25, 0.3) is 0 Å². The van der Waals surface area contributed by atoms with Crippen molar-refractivity contribution in [3.63, 3.8) is 0 Å². The molecule has 10 heteroatoms. The minimum absolute atomic E-state index is 0.00963. The van der Waals surface area contributed by atoms with E-state index >= 15 is 0 Å². The molecule has 0 aliphatic rings. The Kier molecular flexibility index (Phi) is 6.28. The molecule has 0 saturated carbocycles. The van der Waals surface area contributed by atoms with E-state index in [0.29, 0.717) is 0 Å². The van der Waals surface area contributed by atoms with Crippen molar-refractivity contribution in [2.24, 2.45) is 0 Å². The fraction of sp³-hybridized carbons (Fsp3) is 0.250. The molecule has 0 unspecified atom stereocenters. The molecule has 0 spiro atoms. The number of hydrogen-bond donors (Lipinski definition) is 0. The molecule has 26 heavy (non-hydrogen) atoms. The molecule has 0 radical (unpaired) electrons. The number of sulfone groups is 1. The molecule has 0 amide bonds. The molecular formula is C16H17ClFNO5S2. The molecule has 2 aromatic rings.